The molecule has 31 heteroatoms. The number of carbonyl (C=O) groups is 4. The minimum absolute atomic E-state index is 0. The third kappa shape index (κ3) is 36.7. The Bertz CT molecular complexity index is 5230. The summed E-state index contributed by atoms with van der Waals surface area (Å²) in [6.07, 6.45) is 16.6. The number of allylic oxidation sites excluding steroid dienone is 4. The van der Waals surface area contributed by atoms with Crippen LogP contribution in [0.2, 0.25) is 35.2 Å². The number of piperazine rings is 4. The molecule has 4 amide bonds. The zero-order valence-electron chi connectivity index (χ0n) is 86.5. The van der Waals surface area contributed by atoms with Crippen LogP contribution in [0, 0.1) is 6.92 Å². The Hall–Kier alpha value is -9.77. The van der Waals surface area contributed by atoms with Crippen LogP contribution in [0.15, 0.2) is 195 Å². The summed E-state index contributed by atoms with van der Waals surface area (Å²) in [5, 5.41) is 4.59. The summed E-state index contributed by atoms with van der Waals surface area (Å²) >= 11 is 44.2. The Labute approximate surface area is 923 Å². The third-order valence-corrected chi connectivity index (χ3v) is 30.6. The fourth-order valence-electron chi connectivity index (χ4n) is 18.3. The maximum atomic E-state index is 12.5. The number of hydrogen-bond donors (Lipinski definition) is 0. The first-order chi connectivity index (χ1) is 70.7. The summed E-state index contributed by atoms with van der Waals surface area (Å²) in [5.74, 6) is 5.52. The van der Waals surface area contributed by atoms with Crippen molar-refractivity contribution in [2.75, 3.05) is 231 Å². The van der Waals surface area contributed by atoms with Crippen LogP contribution < -0.4 is 58.1 Å². The van der Waals surface area contributed by atoms with Crippen molar-refractivity contribution in [1.82, 2.24) is 19.6 Å². The zero-order chi connectivity index (χ0) is 104. The Morgan fingerprint density at radius 2 is 0.530 bits per heavy atom. The van der Waals surface area contributed by atoms with Gasteiger partial charge >= 0.3 is 0 Å². The number of anilines is 8. The third-order valence-electron chi connectivity index (χ3n) is 27.6. The van der Waals surface area contributed by atoms with Gasteiger partial charge in [-0.3, -0.25) is 58.4 Å². The molecule has 0 bridgehead atoms. The lowest BCUT2D eigenvalue weighted by Crippen LogP contribution is -2.46. The van der Waals surface area contributed by atoms with E-state index in [0.717, 1.165) is 329 Å². The smallest absolute Gasteiger partial charge is 0.230 e. The average Bonchev–Trinajstić information content (AvgIpc) is 0.807. The maximum absolute atomic E-state index is 12.5. The monoisotopic (exact) mass is 2180 g/mol. The van der Waals surface area contributed by atoms with Crippen LogP contribution in [0.25, 0.3) is 0 Å². The minimum atomic E-state index is 0. The summed E-state index contributed by atoms with van der Waals surface area (Å²) < 4.78 is 46.3. The van der Waals surface area contributed by atoms with Crippen molar-refractivity contribution in [2.24, 2.45) is 0 Å². The van der Waals surface area contributed by atoms with E-state index >= 15 is 0 Å². The molecule has 8 heterocycles. The van der Waals surface area contributed by atoms with Gasteiger partial charge in [-0.2, -0.15) is 0 Å². The van der Waals surface area contributed by atoms with Crippen molar-refractivity contribution in [1.29, 1.82) is 0 Å². The highest BCUT2D eigenvalue weighted by atomic mass is 35.5. The number of fused-ring (bicyclic) bond motifs is 4. The largest absolute Gasteiger partial charge is 0.494 e. The highest BCUT2D eigenvalue weighted by Gasteiger charge is 2.32. The minimum Gasteiger partial charge on any atom is -0.494 e. The number of rotatable bonds is 43. The lowest BCUT2D eigenvalue weighted by molar-refractivity contribution is -0.120. The lowest BCUT2D eigenvalue weighted by Gasteiger charge is -2.36. The molecule has 814 valence electrons. The van der Waals surface area contributed by atoms with E-state index in [9.17, 15) is 19.2 Å². The number of benzene rings is 8. The van der Waals surface area contributed by atoms with Crippen LogP contribution in [0.5, 0.6) is 23.0 Å². The van der Waals surface area contributed by atoms with Gasteiger partial charge in [-0.05, 0) is 218 Å². The highest BCUT2D eigenvalue weighted by Crippen LogP contribution is 2.41. The Kier molecular flexibility index (Phi) is 52.4. The van der Waals surface area contributed by atoms with Gasteiger partial charge in [-0.1, -0.05) is 211 Å². The number of carbonyl (C=O) groups excluding carboxylic acids is 4. The molecular formula is C118H161Cl7N12O12. The number of hydrogen-bond acceptors (Lipinski definition) is 20. The second-order valence-electron chi connectivity index (χ2n) is 37.8. The van der Waals surface area contributed by atoms with Crippen LogP contribution in [-0.2, 0) is 63.8 Å². The standard InChI is InChI=1S/3C28H35Cl2N3O3.C26H34ClN3O3.C5H10.3CH4/c3*1-3-21(2)36-20-33-26-19-23(11-9-22(26)10-12-27(33)34)35-18-5-4-13-31-14-16-32(17-15-31)25-8-6-7-24(29)28(25)30;1-20-6-5-7-23(26(20)27)29-15-13-28(14-16-29)12-3-4-17-33-22-10-8-21-9-11-25(31)30(19-32-2)24(21)18-22;1-4-5(2)3;;;/h3*6-9,11,19H,2-5,10,12-18,20H2,1H3;5-8,10,18H,3-4,9,11-17,19H2,1-2H3;2,4H2,1,3H3;3*1H4. The quantitative estimate of drug-likeness (QED) is 0.0200. The molecule has 4 saturated heterocycles. The van der Waals surface area contributed by atoms with Crippen LogP contribution in [0.3, 0.4) is 0 Å². The predicted molar refractivity (Wildman–Crippen MR) is 621 cm³/mol. The number of amides is 4. The van der Waals surface area contributed by atoms with Crippen molar-refractivity contribution in [3.05, 3.63) is 258 Å². The normalized spacial score (nSPS) is 15.7. The van der Waals surface area contributed by atoms with Crippen molar-refractivity contribution in [2.45, 2.75) is 192 Å². The number of methoxy groups -OCH3 is 1. The van der Waals surface area contributed by atoms with Gasteiger partial charge in [0.1, 0.15) is 29.7 Å². The molecule has 0 N–H and O–H groups in total. The Morgan fingerprint density at radius 3 is 0.765 bits per heavy atom. The number of halogens is 7. The number of aryl methyl sites for hydroxylation is 5. The van der Waals surface area contributed by atoms with Gasteiger partial charge in [-0.25, -0.2) is 0 Å². The predicted octanol–water partition coefficient (Wildman–Crippen LogP) is 26.8. The molecule has 8 aromatic carbocycles. The molecule has 0 radical (unpaired) electrons. The average molecular weight is 2190 g/mol. The van der Waals surface area contributed by atoms with E-state index in [4.69, 9.17) is 119 Å². The van der Waals surface area contributed by atoms with Crippen LogP contribution >= 0.6 is 81.2 Å². The Morgan fingerprint density at radius 1 is 0.295 bits per heavy atom. The number of unbranched alkanes of at least 4 members (excludes halogenated alkanes) is 4. The summed E-state index contributed by atoms with van der Waals surface area (Å²) in [4.78, 5) is 75.8. The van der Waals surface area contributed by atoms with Gasteiger partial charge in [0.25, 0.3) is 0 Å². The van der Waals surface area contributed by atoms with Crippen LogP contribution in [0.1, 0.15) is 187 Å². The van der Waals surface area contributed by atoms with Gasteiger partial charge < -0.3 is 57.5 Å². The molecule has 8 aliphatic heterocycles. The fourth-order valence-corrected chi connectivity index (χ4v) is 19.8. The number of nitrogens with zero attached hydrogens (tertiary/aromatic N) is 12. The van der Waals surface area contributed by atoms with E-state index in [1.165, 1.54) is 11.1 Å². The van der Waals surface area contributed by atoms with Gasteiger partial charge in [0.2, 0.25) is 23.6 Å². The second kappa shape index (κ2) is 63.7. The first-order valence-electron chi connectivity index (χ1n) is 52.0. The highest BCUT2D eigenvalue weighted by molar-refractivity contribution is 6.45. The summed E-state index contributed by atoms with van der Waals surface area (Å²) in [7, 11) is 1.61. The van der Waals surface area contributed by atoms with Gasteiger partial charge in [0.15, 0.2) is 20.2 Å². The number of ether oxygens (including phenoxy) is 8. The molecule has 8 aromatic rings. The van der Waals surface area contributed by atoms with E-state index in [0.29, 0.717) is 99.5 Å². The SMILES string of the molecule is C.C.C.C=C(C)CC.C=C(CC)OCN1C(=O)CCc2ccc(OCCCCN3CCN(c4cccc(Cl)c4Cl)CC3)cc21.C=C(CC)OCN1C(=O)CCc2ccc(OCCCCN3CCN(c4cccc(Cl)c4Cl)CC3)cc21.C=C(CC)OCN1C(=O)CCc2ccc(OCCCCN3CCN(c4cccc(Cl)c4Cl)CC3)cc21.COCN1C(=O)CCc2ccc(OCCCCN3CCN(c4cccc(C)c4Cl)CC3)cc21. The summed E-state index contributed by atoms with van der Waals surface area (Å²) in [6.45, 7) is 50.9. The first-order valence-corrected chi connectivity index (χ1v) is 54.6. The van der Waals surface area contributed by atoms with Crippen molar-refractivity contribution in [3.8, 4) is 23.0 Å². The van der Waals surface area contributed by atoms with E-state index in [1.54, 1.807) is 26.7 Å². The molecule has 0 saturated carbocycles. The zero-order valence-corrected chi connectivity index (χ0v) is 91.8. The molecule has 0 atom stereocenters. The molecule has 149 heavy (non-hydrogen) atoms. The first kappa shape index (κ1) is 123. The lowest BCUT2D eigenvalue weighted by atomic mass is 10.0. The summed E-state index contributed by atoms with van der Waals surface area (Å²) in [6, 6.07) is 47.8. The molecular weight excluding hydrogens is 2030 g/mol. The van der Waals surface area contributed by atoms with Crippen LogP contribution in [0.4, 0.5) is 45.5 Å². The molecule has 0 aliphatic carbocycles. The summed E-state index contributed by atoms with van der Waals surface area (Å²) in [5.41, 5.74) is 14.8. The van der Waals surface area contributed by atoms with Crippen molar-refractivity contribution >= 4 is 150 Å². The second-order valence-corrected chi connectivity index (χ2v) is 40.6. The maximum Gasteiger partial charge on any atom is 0.230 e. The van der Waals surface area contributed by atoms with Crippen molar-refractivity contribution < 1.29 is 57.1 Å². The van der Waals surface area contributed by atoms with E-state index in [2.05, 4.69) is 122 Å². The van der Waals surface area contributed by atoms with Gasteiger partial charge in [0, 0.05) is 181 Å². The van der Waals surface area contributed by atoms with Crippen LogP contribution in [-0.4, -0.2) is 235 Å². The van der Waals surface area contributed by atoms with Crippen molar-refractivity contribution in [3.63, 3.8) is 0 Å². The molecule has 16 rings (SSSR count). The molecule has 4 fully saturated rings. The van der Waals surface area contributed by atoms with E-state index in [-0.39, 0.29) is 72.8 Å². The molecule has 8 aliphatic rings. The van der Waals surface area contributed by atoms with E-state index < -0.39 is 0 Å². The molecule has 0 aromatic heterocycles. The fraction of sp³-hybridized carbons (Fsp3) is 0.492. The topological polar surface area (TPSA) is 181 Å². The van der Waals surface area contributed by atoms with E-state index in [1.807, 2.05) is 131 Å². The molecule has 24 nitrogen and oxygen atoms in total. The Balaban J connectivity index is 0.000000216. The van der Waals surface area contributed by atoms with Gasteiger partial charge in [0.05, 0.1) is 124 Å². The van der Waals surface area contributed by atoms with Gasteiger partial charge in [-0.15, -0.1) is 6.58 Å². The molecule has 0 spiro atoms. The molecule has 0 unspecified atom stereocenters.